The van der Waals surface area contributed by atoms with E-state index in [0.29, 0.717) is 0 Å². The molecule has 0 bridgehead atoms. The quantitative estimate of drug-likeness (QED) is 0.853. The van der Waals surface area contributed by atoms with Gasteiger partial charge in [-0.15, -0.1) is 11.3 Å². The van der Waals surface area contributed by atoms with Crippen LogP contribution in [-0.4, -0.2) is 37.6 Å². The lowest BCUT2D eigenvalue weighted by Crippen LogP contribution is -2.44. The predicted octanol–water partition coefficient (Wildman–Crippen LogP) is 1.85. The van der Waals surface area contributed by atoms with E-state index in [0.717, 1.165) is 31.1 Å². The molecule has 0 unspecified atom stereocenters. The Morgan fingerprint density at radius 3 is 2.86 bits per heavy atom. The standard InChI is InChI=1S/C10H15ClN2S/c11-9-2-8-14-10(9)1-5-13-6-3-12-4-7-13/h2,8,12H,1,3-7H2. The van der Waals surface area contributed by atoms with Crippen LogP contribution in [0.25, 0.3) is 0 Å². The SMILES string of the molecule is Clc1ccsc1CCN1CCNCC1. The van der Waals surface area contributed by atoms with Gasteiger partial charge in [-0.2, -0.15) is 0 Å². The summed E-state index contributed by atoms with van der Waals surface area (Å²) in [7, 11) is 0. The molecule has 1 saturated heterocycles. The van der Waals surface area contributed by atoms with Crippen LogP contribution in [0.2, 0.25) is 5.02 Å². The molecule has 1 fully saturated rings. The van der Waals surface area contributed by atoms with Crippen LogP contribution >= 0.6 is 22.9 Å². The van der Waals surface area contributed by atoms with Gasteiger partial charge in [0.1, 0.15) is 0 Å². The Hall–Kier alpha value is -0.0900. The van der Waals surface area contributed by atoms with Crippen molar-refractivity contribution in [2.24, 2.45) is 0 Å². The third-order valence-electron chi connectivity index (χ3n) is 2.56. The summed E-state index contributed by atoms with van der Waals surface area (Å²) in [5.74, 6) is 0. The molecule has 2 rings (SSSR count). The van der Waals surface area contributed by atoms with Gasteiger partial charge < -0.3 is 10.2 Å². The first-order chi connectivity index (χ1) is 6.86. The van der Waals surface area contributed by atoms with Crippen molar-refractivity contribution in [3.05, 3.63) is 21.3 Å². The van der Waals surface area contributed by atoms with E-state index in [2.05, 4.69) is 15.6 Å². The van der Waals surface area contributed by atoms with Gasteiger partial charge in [-0.25, -0.2) is 0 Å². The van der Waals surface area contributed by atoms with Gasteiger partial charge in [0.2, 0.25) is 0 Å². The molecule has 2 nitrogen and oxygen atoms in total. The summed E-state index contributed by atoms with van der Waals surface area (Å²) in [6.07, 6.45) is 1.09. The average Bonchev–Trinajstić information content (AvgIpc) is 2.63. The molecule has 1 aromatic rings. The molecule has 4 heteroatoms. The van der Waals surface area contributed by atoms with Crippen LogP contribution in [0.4, 0.5) is 0 Å². The van der Waals surface area contributed by atoms with Crippen LogP contribution in [0.3, 0.4) is 0 Å². The first-order valence-corrected chi connectivity index (χ1v) is 6.27. The monoisotopic (exact) mass is 230 g/mol. The van der Waals surface area contributed by atoms with E-state index in [-0.39, 0.29) is 0 Å². The van der Waals surface area contributed by atoms with Gasteiger partial charge in [0.05, 0.1) is 5.02 Å². The molecule has 0 atom stereocenters. The second-order valence-corrected chi connectivity index (χ2v) is 4.94. The van der Waals surface area contributed by atoms with E-state index in [4.69, 9.17) is 11.6 Å². The fourth-order valence-electron chi connectivity index (χ4n) is 1.70. The van der Waals surface area contributed by atoms with Gasteiger partial charge in [-0.3, -0.25) is 0 Å². The van der Waals surface area contributed by atoms with Gasteiger partial charge in [0.25, 0.3) is 0 Å². The van der Waals surface area contributed by atoms with Crippen LogP contribution < -0.4 is 5.32 Å². The second-order valence-electron chi connectivity index (χ2n) is 3.53. The fourth-order valence-corrected chi connectivity index (χ4v) is 2.82. The Bertz CT molecular complexity index is 281. The molecule has 1 N–H and O–H groups in total. The van der Waals surface area contributed by atoms with Gasteiger partial charge in [0, 0.05) is 37.6 Å². The first-order valence-electron chi connectivity index (χ1n) is 5.01. The molecule has 0 amide bonds. The van der Waals surface area contributed by atoms with E-state index in [1.165, 1.54) is 18.0 Å². The van der Waals surface area contributed by atoms with Crippen molar-refractivity contribution in [3.8, 4) is 0 Å². The van der Waals surface area contributed by atoms with E-state index < -0.39 is 0 Å². The van der Waals surface area contributed by atoms with Crippen LogP contribution in [0.15, 0.2) is 11.4 Å². The zero-order valence-electron chi connectivity index (χ0n) is 8.13. The molecule has 0 spiro atoms. The van der Waals surface area contributed by atoms with Crippen molar-refractivity contribution >= 4 is 22.9 Å². The molecule has 1 aromatic heterocycles. The van der Waals surface area contributed by atoms with Gasteiger partial charge in [-0.05, 0) is 17.9 Å². The number of hydrogen-bond donors (Lipinski definition) is 1. The number of hydrogen-bond acceptors (Lipinski definition) is 3. The highest BCUT2D eigenvalue weighted by atomic mass is 35.5. The second kappa shape index (κ2) is 5.12. The highest BCUT2D eigenvalue weighted by Crippen LogP contribution is 2.22. The van der Waals surface area contributed by atoms with E-state index in [1.807, 2.05) is 6.07 Å². The van der Waals surface area contributed by atoms with Crippen LogP contribution in [0, 0.1) is 0 Å². The minimum absolute atomic E-state index is 0.935. The summed E-state index contributed by atoms with van der Waals surface area (Å²) in [5.41, 5.74) is 0. The number of nitrogens with one attached hydrogen (secondary N) is 1. The predicted molar refractivity (Wildman–Crippen MR) is 62.3 cm³/mol. The smallest absolute Gasteiger partial charge is 0.0545 e. The summed E-state index contributed by atoms with van der Waals surface area (Å²) < 4.78 is 0. The molecular formula is C10H15ClN2S. The Balaban J connectivity index is 1.79. The van der Waals surface area contributed by atoms with Gasteiger partial charge >= 0.3 is 0 Å². The average molecular weight is 231 g/mol. The number of nitrogens with zero attached hydrogens (tertiary/aromatic N) is 1. The van der Waals surface area contributed by atoms with E-state index in [9.17, 15) is 0 Å². The molecular weight excluding hydrogens is 216 g/mol. The summed E-state index contributed by atoms with van der Waals surface area (Å²) in [5, 5.41) is 6.35. The van der Waals surface area contributed by atoms with Crippen molar-refractivity contribution in [2.75, 3.05) is 32.7 Å². The topological polar surface area (TPSA) is 15.3 Å². The third kappa shape index (κ3) is 2.70. The number of thiophene rings is 1. The number of piperazine rings is 1. The molecule has 1 aliphatic rings. The van der Waals surface area contributed by atoms with E-state index in [1.54, 1.807) is 11.3 Å². The summed E-state index contributed by atoms with van der Waals surface area (Å²) in [4.78, 5) is 3.82. The maximum Gasteiger partial charge on any atom is 0.0545 e. The molecule has 0 radical (unpaired) electrons. The maximum atomic E-state index is 6.04. The van der Waals surface area contributed by atoms with Crippen molar-refractivity contribution in [2.45, 2.75) is 6.42 Å². The van der Waals surface area contributed by atoms with Crippen molar-refractivity contribution in [1.82, 2.24) is 10.2 Å². The normalized spacial score (nSPS) is 18.6. The van der Waals surface area contributed by atoms with Gasteiger partial charge in [0.15, 0.2) is 0 Å². The maximum absolute atomic E-state index is 6.04. The minimum atomic E-state index is 0.935. The van der Waals surface area contributed by atoms with Crippen molar-refractivity contribution < 1.29 is 0 Å². The highest BCUT2D eigenvalue weighted by molar-refractivity contribution is 7.10. The highest BCUT2D eigenvalue weighted by Gasteiger charge is 2.10. The zero-order valence-corrected chi connectivity index (χ0v) is 9.70. The molecule has 2 heterocycles. The molecule has 78 valence electrons. The minimum Gasteiger partial charge on any atom is -0.314 e. The molecule has 0 aliphatic carbocycles. The number of rotatable bonds is 3. The zero-order chi connectivity index (χ0) is 9.80. The lowest BCUT2D eigenvalue weighted by molar-refractivity contribution is 0.244. The van der Waals surface area contributed by atoms with Crippen LogP contribution in [0.5, 0.6) is 0 Å². The van der Waals surface area contributed by atoms with Gasteiger partial charge in [-0.1, -0.05) is 11.6 Å². The third-order valence-corrected chi connectivity index (χ3v) is 4.00. The van der Waals surface area contributed by atoms with E-state index >= 15 is 0 Å². The molecule has 14 heavy (non-hydrogen) atoms. The Labute approximate surface area is 93.9 Å². The Morgan fingerprint density at radius 2 is 2.21 bits per heavy atom. The molecule has 0 aromatic carbocycles. The molecule has 0 saturated carbocycles. The Morgan fingerprint density at radius 1 is 1.43 bits per heavy atom. The lowest BCUT2D eigenvalue weighted by Gasteiger charge is -2.26. The van der Waals surface area contributed by atoms with Crippen molar-refractivity contribution in [1.29, 1.82) is 0 Å². The van der Waals surface area contributed by atoms with Crippen LogP contribution in [0.1, 0.15) is 4.88 Å². The number of halogens is 1. The fraction of sp³-hybridized carbons (Fsp3) is 0.600. The van der Waals surface area contributed by atoms with Crippen LogP contribution in [-0.2, 0) is 6.42 Å². The summed E-state index contributed by atoms with van der Waals surface area (Å²) in [6, 6.07) is 1.99. The summed E-state index contributed by atoms with van der Waals surface area (Å²) >= 11 is 7.80. The van der Waals surface area contributed by atoms with Crippen molar-refractivity contribution in [3.63, 3.8) is 0 Å². The first kappa shape index (κ1) is 10.4. The summed E-state index contributed by atoms with van der Waals surface area (Å²) in [6.45, 7) is 5.73. The Kier molecular flexibility index (Phi) is 3.81. The largest absolute Gasteiger partial charge is 0.314 e. The molecule has 1 aliphatic heterocycles. The lowest BCUT2D eigenvalue weighted by atomic mass is 10.3.